The summed E-state index contributed by atoms with van der Waals surface area (Å²) in [4.78, 5) is 15.1. The number of hydrogen-bond donors (Lipinski definition) is 1. The first-order valence-electron chi connectivity index (χ1n) is 8.32. The minimum atomic E-state index is -4.47. The second kappa shape index (κ2) is 7.46. The Hall–Kier alpha value is -1.56. The lowest BCUT2D eigenvalue weighted by atomic mass is 10.0. The van der Waals surface area contributed by atoms with Gasteiger partial charge in [0.2, 0.25) is 0 Å². The lowest BCUT2D eigenvalue weighted by Crippen LogP contribution is -2.46. The fraction of sp³-hybridized carbons (Fsp3) is 0.471. The first-order valence-corrected chi connectivity index (χ1v) is 9.40. The van der Waals surface area contributed by atoms with E-state index in [9.17, 15) is 27.5 Å². The van der Waals surface area contributed by atoms with Gasteiger partial charge in [0.25, 0.3) is 0 Å². The van der Waals surface area contributed by atoms with Crippen LogP contribution in [0.25, 0.3) is 10.9 Å². The molecule has 1 aromatic carbocycles. The van der Waals surface area contributed by atoms with Crippen molar-refractivity contribution in [1.29, 1.82) is 0 Å². The van der Waals surface area contributed by atoms with Crippen molar-refractivity contribution in [2.75, 3.05) is 25.0 Å². The van der Waals surface area contributed by atoms with Crippen molar-refractivity contribution in [3.63, 3.8) is 0 Å². The Morgan fingerprint density at radius 1 is 1.30 bits per heavy atom. The topological polar surface area (TPSA) is 48.7 Å². The zero-order valence-electron chi connectivity index (χ0n) is 14.4. The monoisotopic (exact) mass is 499 g/mol. The maximum atomic E-state index is 14.2. The minimum absolute atomic E-state index is 0.0332. The highest BCUT2D eigenvalue weighted by Crippen LogP contribution is 2.36. The lowest BCUT2D eigenvalue weighted by Gasteiger charge is -2.36. The maximum absolute atomic E-state index is 14.2. The second-order valence-corrected chi connectivity index (χ2v) is 7.82. The average molecular weight is 499 g/mol. The molecule has 0 saturated carbocycles. The van der Waals surface area contributed by atoms with E-state index in [1.807, 2.05) is 7.05 Å². The molecule has 1 fully saturated rings. The van der Waals surface area contributed by atoms with Crippen LogP contribution in [-0.4, -0.2) is 53.0 Å². The molecule has 1 amide bonds. The number of anilines is 1. The second-order valence-electron chi connectivity index (χ2n) is 6.71. The summed E-state index contributed by atoms with van der Waals surface area (Å²) in [7, 11) is 1.93. The molecule has 0 radical (unpaired) electrons. The van der Waals surface area contributed by atoms with Gasteiger partial charge in [0.05, 0.1) is 14.9 Å². The average Bonchev–Trinajstić information content (AvgIpc) is 2.84. The number of halogens is 5. The highest BCUT2D eigenvalue weighted by molar-refractivity contribution is 14.1. The molecule has 2 heterocycles. The van der Waals surface area contributed by atoms with Gasteiger partial charge in [-0.25, -0.2) is 9.18 Å². The standard InChI is InChI=1S/C17H18F4IN3O2/c1-23-4-2-11(3-5-23)25(16(26)27)14-7-10(18)6-13-12(14)8-15(22)24(13)9-17(19,20)21/h6-8,11H,2-5,9H2,1H3,(H,26,27). The van der Waals surface area contributed by atoms with Gasteiger partial charge >= 0.3 is 12.3 Å². The number of aromatic nitrogens is 1. The highest BCUT2D eigenvalue weighted by Gasteiger charge is 2.33. The van der Waals surface area contributed by atoms with Crippen molar-refractivity contribution >= 4 is 45.3 Å². The van der Waals surface area contributed by atoms with Crippen molar-refractivity contribution in [2.24, 2.45) is 0 Å². The van der Waals surface area contributed by atoms with Crippen LogP contribution < -0.4 is 4.90 Å². The molecule has 0 aliphatic carbocycles. The summed E-state index contributed by atoms with van der Waals surface area (Å²) >= 11 is 1.75. The first-order chi connectivity index (χ1) is 12.6. The van der Waals surface area contributed by atoms with Gasteiger partial charge in [-0.05, 0) is 73.8 Å². The molecule has 2 aromatic rings. The van der Waals surface area contributed by atoms with Crippen molar-refractivity contribution in [2.45, 2.75) is 31.6 Å². The Morgan fingerprint density at radius 3 is 2.48 bits per heavy atom. The Labute approximate surface area is 166 Å². The van der Waals surface area contributed by atoms with Gasteiger partial charge in [0.15, 0.2) is 0 Å². The number of amides is 1. The van der Waals surface area contributed by atoms with Crippen LogP contribution in [0.4, 0.5) is 28.0 Å². The van der Waals surface area contributed by atoms with E-state index in [1.54, 1.807) is 22.6 Å². The van der Waals surface area contributed by atoms with Crippen LogP contribution in [0.15, 0.2) is 18.2 Å². The molecule has 148 valence electrons. The number of carbonyl (C=O) groups is 1. The molecule has 0 bridgehead atoms. The van der Waals surface area contributed by atoms with Gasteiger partial charge in [-0.1, -0.05) is 0 Å². The van der Waals surface area contributed by atoms with E-state index in [4.69, 9.17) is 0 Å². The molecule has 10 heteroatoms. The number of hydrogen-bond acceptors (Lipinski definition) is 2. The van der Waals surface area contributed by atoms with Crippen molar-refractivity contribution < 1.29 is 27.5 Å². The number of carboxylic acid groups (broad SMARTS) is 1. The van der Waals surface area contributed by atoms with Gasteiger partial charge in [-0.15, -0.1) is 0 Å². The van der Waals surface area contributed by atoms with Gasteiger partial charge in [0.1, 0.15) is 12.4 Å². The largest absolute Gasteiger partial charge is 0.465 e. The predicted octanol–water partition coefficient (Wildman–Crippen LogP) is 4.53. The molecule has 0 spiro atoms. The normalized spacial score (nSPS) is 16.8. The Balaban J connectivity index is 2.12. The molecule has 27 heavy (non-hydrogen) atoms. The summed E-state index contributed by atoms with van der Waals surface area (Å²) < 4.78 is 54.2. The van der Waals surface area contributed by atoms with Crippen LogP contribution in [0.1, 0.15) is 12.8 Å². The van der Waals surface area contributed by atoms with E-state index in [0.717, 1.165) is 21.6 Å². The number of alkyl halides is 3. The predicted molar refractivity (Wildman–Crippen MR) is 102 cm³/mol. The minimum Gasteiger partial charge on any atom is -0.465 e. The molecule has 1 aliphatic heterocycles. The smallest absolute Gasteiger partial charge is 0.412 e. The maximum Gasteiger partial charge on any atom is 0.412 e. The molecule has 0 unspecified atom stereocenters. The number of nitrogens with zero attached hydrogens (tertiary/aromatic N) is 3. The zero-order chi connectivity index (χ0) is 19.9. The summed E-state index contributed by atoms with van der Waals surface area (Å²) in [5.41, 5.74) is 0.122. The van der Waals surface area contributed by atoms with Gasteiger partial charge in [0, 0.05) is 11.4 Å². The molecule has 5 nitrogen and oxygen atoms in total. The third-order valence-corrected chi connectivity index (χ3v) is 5.66. The summed E-state index contributed by atoms with van der Waals surface area (Å²) in [5, 5.41) is 10.1. The zero-order valence-corrected chi connectivity index (χ0v) is 16.6. The molecule has 3 rings (SSSR count). The number of piperidine rings is 1. The molecule has 1 N–H and O–H groups in total. The SMILES string of the molecule is CN1CCC(N(C(=O)O)c2cc(F)cc3c2cc(I)n3CC(F)(F)F)CC1. The van der Waals surface area contributed by atoms with Crippen LogP contribution >= 0.6 is 22.6 Å². The fourth-order valence-corrected chi connectivity index (χ4v) is 4.26. The van der Waals surface area contributed by atoms with Crippen LogP contribution in [0.5, 0.6) is 0 Å². The van der Waals surface area contributed by atoms with Gasteiger partial charge in [-0.3, -0.25) is 4.90 Å². The molecule has 0 atom stereocenters. The molecule has 1 saturated heterocycles. The van der Waals surface area contributed by atoms with E-state index in [1.165, 1.54) is 6.07 Å². The Morgan fingerprint density at radius 2 is 1.93 bits per heavy atom. The van der Waals surface area contributed by atoms with Gasteiger partial charge < -0.3 is 14.6 Å². The van der Waals surface area contributed by atoms with Crippen LogP contribution in [0.3, 0.4) is 0 Å². The van der Waals surface area contributed by atoms with E-state index in [-0.39, 0.29) is 20.9 Å². The summed E-state index contributed by atoms with van der Waals surface area (Å²) in [6, 6.07) is 3.22. The third kappa shape index (κ3) is 4.31. The molecular formula is C17H18F4IN3O2. The number of benzene rings is 1. The molecular weight excluding hydrogens is 481 g/mol. The van der Waals surface area contributed by atoms with Crippen LogP contribution in [0.2, 0.25) is 0 Å². The van der Waals surface area contributed by atoms with E-state index >= 15 is 0 Å². The van der Waals surface area contributed by atoms with Gasteiger partial charge in [-0.2, -0.15) is 13.2 Å². The molecule has 1 aromatic heterocycles. The quantitative estimate of drug-likeness (QED) is 0.499. The van der Waals surface area contributed by atoms with Crippen molar-refractivity contribution in [1.82, 2.24) is 9.47 Å². The summed E-state index contributed by atoms with van der Waals surface area (Å²) in [6.07, 6.45) is -4.57. The Kier molecular flexibility index (Phi) is 5.57. The summed E-state index contributed by atoms with van der Waals surface area (Å²) in [6.45, 7) is 0.123. The van der Waals surface area contributed by atoms with Crippen molar-refractivity contribution in [3.8, 4) is 0 Å². The Bertz CT molecular complexity index is 860. The third-order valence-electron chi connectivity index (χ3n) is 4.77. The highest BCUT2D eigenvalue weighted by atomic mass is 127. The lowest BCUT2D eigenvalue weighted by molar-refractivity contribution is -0.140. The number of rotatable bonds is 3. The molecule has 1 aliphatic rings. The van der Waals surface area contributed by atoms with Crippen molar-refractivity contribution in [3.05, 3.63) is 27.7 Å². The number of likely N-dealkylation sites (tertiary alicyclic amines) is 1. The number of fused-ring (bicyclic) bond motifs is 1. The first kappa shape index (κ1) is 20.2. The van der Waals surface area contributed by atoms with E-state index in [2.05, 4.69) is 4.90 Å². The fourth-order valence-electron chi connectivity index (χ4n) is 3.52. The summed E-state index contributed by atoms with van der Waals surface area (Å²) in [5.74, 6) is -0.769. The van der Waals surface area contributed by atoms with E-state index < -0.39 is 24.6 Å². The van der Waals surface area contributed by atoms with Crippen LogP contribution in [0, 0.1) is 9.52 Å². The van der Waals surface area contributed by atoms with E-state index in [0.29, 0.717) is 31.3 Å². The van der Waals surface area contributed by atoms with Crippen LogP contribution in [-0.2, 0) is 6.54 Å².